The molecule has 0 aliphatic heterocycles. The molecule has 0 spiro atoms. The first-order valence-corrected chi connectivity index (χ1v) is 6.15. The number of hydrogen-bond acceptors (Lipinski definition) is 2. The summed E-state index contributed by atoms with van der Waals surface area (Å²) in [4.78, 5) is 22.9. The number of carbonyl (C=O) groups is 2. The highest BCUT2D eigenvalue weighted by molar-refractivity contribution is 6.04. The zero-order valence-electron chi connectivity index (χ0n) is 10.6. The molecule has 0 aliphatic rings. The van der Waals surface area contributed by atoms with Crippen LogP contribution in [-0.4, -0.2) is 11.6 Å². The maximum atomic E-state index is 11.7. The molecule has 0 aromatic heterocycles. The van der Waals surface area contributed by atoms with E-state index in [1.54, 1.807) is 30.4 Å². The predicted octanol–water partition coefficient (Wildman–Crippen LogP) is 3.74. The van der Waals surface area contributed by atoms with Gasteiger partial charge in [0.1, 0.15) is 0 Å². The van der Waals surface area contributed by atoms with Crippen LogP contribution >= 0.6 is 0 Å². The fraction of sp³-hybridized carbons (Fsp3) is 0.250. The lowest BCUT2D eigenvalue weighted by atomic mass is 10.1. The van der Waals surface area contributed by atoms with Gasteiger partial charge in [-0.15, -0.1) is 0 Å². The zero-order valence-corrected chi connectivity index (χ0v) is 10.6. The Morgan fingerprint density at radius 1 is 1.11 bits per heavy atom. The molecule has 1 aromatic rings. The van der Waals surface area contributed by atoms with Gasteiger partial charge in [-0.05, 0) is 31.9 Å². The van der Waals surface area contributed by atoms with E-state index in [0.29, 0.717) is 12.0 Å². The molecular weight excluding hydrogens is 224 g/mol. The van der Waals surface area contributed by atoms with Crippen molar-refractivity contribution >= 4 is 11.6 Å². The highest BCUT2D eigenvalue weighted by Gasteiger charge is 1.99. The molecule has 2 heteroatoms. The molecule has 2 nitrogen and oxygen atoms in total. The highest BCUT2D eigenvalue weighted by atomic mass is 16.1. The average Bonchev–Trinajstić information content (AvgIpc) is 2.39. The maximum absolute atomic E-state index is 11.7. The van der Waals surface area contributed by atoms with Crippen molar-refractivity contribution in [2.24, 2.45) is 0 Å². The molecule has 0 fully saturated rings. The number of rotatable bonds is 7. The number of hydrogen-bond donors (Lipinski definition) is 0. The van der Waals surface area contributed by atoms with Crippen LogP contribution in [0.15, 0.2) is 54.6 Å². The minimum absolute atomic E-state index is 0.00961. The van der Waals surface area contributed by atoms with Gasteiger partial charge in [0.15, 0.2) is 11.6 Å². The second-order valence-corrected chi connectivity index (χ2v) is 3.99. The van der Waals surface area contributed by atoms with Crippen LogP contribution < -0.4 is 0 Å². The smallest absolute Gasteiger partial charge is 0.185 e. The molecule has 0 N–H and O–H groups in total. The largest absolute Gasteiger partial charge is 0.295 e. The fourth-order valence-electron chi connectivity index (χ4n) is 1.55. The Kier molecular flexibility index (Phi) is 6.41. The van der Waals surface area contributed by atoms with Crippen LogP contribution in [0.3, 0.4) is 0 Å². The first-order chi connectivity index (χ1) is 8.74. The standard InChI is InChI=1S/C16H18O2/c1-2-9-15(17)12-7-4-8-13-16(18)14-10-5-3-6-11-14/h2-3,5-6,8-11,13H,4,7,12H2,1H3/b9-2+,13-8+. The molecule has 0 radical (unpaired) electrons. The van der Waals surface area contributed by atoms with Crippen molar-refractivity contribution in [1.82, 2.24) is 0 Å². The van der Waals surface area contributed by atoms with E-state index in [1.807, 2.05) is 31.2 Å². The molecule has 0 heterocycles. The topological polar surface area (TPSA) is 34.1 Å². The Morgan fingerprint density at radius 3 is 2.50 bits per heavy atom. The second-order valence-electron chi connectivity index (χ2n) is 3.99. The van der Waals surface area contributed by atoms with Crippen molar-refractivity contribution in [3.63, 3.8) is 0 Å². The van der Waals surface area contributed by atoms with Crippen molar-refractivity contribution < 1.29 is 9.59 Å². The molecule has 0 unspecified atom stereocenters. The van der Waals surface area contributed by atoms with Gasteiger partial charge in [0, 0.05) is 12.0 Å². The van der Waals surface area contributed by atoms with Crippen LogP contribution in [0.1, 0.15) is 36.5 Å². The van der Waals surface area contributed by atoms with Crippen LogP contribution in [0.25, 0.3) is 0 Å². The van der Waals surface area contributed by atoms with Crippen LogP contribution in [0.2, 0.25) is 0 Å². The minimum Gasteiger partial charge on any atom is -0.295 e. The van der Waals surface area contributed by atoms with Crippen LogP contribution in [-0.2, 0) is 4.79 Å². The molecule has 94 valence electrons. The summed E-state index contributed by atoms with van der Waals surface area (Å²) in [6.45, 7) is 1.83. The van der Waals surface area contributed by atoms with E-state index in [4.69, 9.17) is 0 Å². The summed E-state index contributed by atoms with van der Waals surface area (Å²) in [6, 6.07) is 9.16. The molecule has 1 aromatic carbocycles. The third-order valence-electron chi connectivity index (χ3n) is 2.47. The SMILES string of the molecule is C/C=C/C(=O)CCC/C=C/C(=O)c1ccccc1. The van der Waals surface area contributed by atoms with Crippen molar-refractivity contribution in [1.29, 1.82) is 0 Å². The van der Waals surface area contributed by atoms with E-state index in [2.05, 4.69) is 0 Å². The number of allylic oxidation sites excluding steroid dienone is 4. The number of benzene rings is 1. The maximum Gasteiger partial charge on any atom is 0.185 e. The molecule has 0 amide bonds. The normalized spacial score (nSPS) is 11.2. The van der Waals surface area contributed by atoms with E-state index in [9.17, 15) is 9.59 Å². The minimum atomic E-state index is 0.00961. The molecular formula is C16H18O2. The summed E-state index contributed by atoms with van der Waals surface area (Å²) in [7, 11) is 0. The zero-order chi connectivity index (χ0) is 13.2. The Balaban J connectivity index is 2.29. The molecule has 0 atom stereocenters. The fourth-order valence-corrected chi connectivity index (χ4v) is 1.55. The van der Waals surface area contributed by atoms with Gasteiger partial charge < -0.3 is 0 Å². The van der Waals surface area contributed by atoms with Gasteiger partial charge in [0.2, 0.25) is 0 Å². The van der Waals surface area contributed by atoms with Crippen molar-refractivity contribution in [2.75, 3.05) is 0 Å². The lowest BCUT2D eigenvalue weighted by molar-refractivity contribution is -0.114. The number of unbranched alkanes of at least 4 members (excludes halogenated alkanes) is 1. The van der Waals surface area contributed by atoms with Gasteiger partial charge in [0.05, 0.1) is 0 Å². The van der Waals surface area contributed by atoms with E-state index >= 15 is 0 Å². The van der Waals surface area contributed by atoms with Crippen molar-refractivity contribution in [3.05, 3.63) is 60.2 Å². The second kappa shape index (κ2) is 8.18. The third-order valence-corrected chi connectivity index (χ3v) is 2.47. The van der Waals surface area contributed by atoms with E-state index in [-0.39, 0.29) is 11.6 Å². The summed E-state index contributed by atoms with van der Waals surface area (Å²) >= 11 is 0. The first-order valence-electron chi connectivity index (χ1n) is 6.15. The molecule has 0 saturated carbocycles. The van der Waals surface area contributed by atoms with Crippen molar-refractivity contribution in [2.45, 2.75) is 26.2 Å². The Morgan fingerprint density at radius 2 is 1.83 bits per heavy atom. The summed E-state index contributed by atoms with van der Waals surface area (Å²) in [5.41, 5.74) is 0.693. The lowest BCUT2D eigenvalue weighted by Gasteiger charge is -1.94. The summed E-state index contributed by atoms with van der Waals surface area (Å²) < 4.78 is 0. The highest BCUT2D eigenvalue weighted by Crippen LogP contribution is 2.03. The molecule has 18 heavy (non-hydrogen) atoms. The predicted molar refractivity (Wildman–Crippen MR) is 73.6 cm³/mol. The van der Waals surface area contributed by atoms with E-state index in [1.165, 1.54) is 0 Å². The first kappa shape index (κ1) is 14.1. The Hall–Kier alpha value is -1.96. The van der Waals surface area contributed by atoms with Crippen molar-refractivity contribution in [3.8, 4) is 0 Å². The van der Waals surface area contributed by atoms with Crippen LogP contribution in [0, 0.1) is 0 Å². The van der Waals surface area contributed by atoms with Gasteiger partial charge in [-0.1, -0.05) is 42.5 Å². The quantitative estimate of drug-likeness (QED) is 0.414. The van der Waals surface area contributed by atoms with E-state index in [0.717, 1.165) is 12.8 Å². The molecule has 0 saturated heterocycles. The average molecular weight is 242 g/mol. The lowest BCUT2D eigenvalue weighted by Crippen LogP contribution is -1.93. The molecule has 0 bridgehead atoms. The van der Waals surface area contributed by atoms with Crippen LogP contribution in [0.4, 0.5) is 0 Å². The monoisotopic (exact) mass is 242 g/mol. The van der Waals surface area contributed by atoms with Gasteiger partial charge in [0.25, 0.3) is 0 Å². The van der Waals surface area contributed by atoms with Crippen LogP contribution in [0.5, 0.6) is 0 Å². The molecule has 1 rings (SSSR count). The van der Waals surface area contributed by atoms with Gasteiger partial charge in [-0.2, -0.15) is 0 Å². The number of ketones is 2. The Labute approximate surface area is 108 Å². The van der Waals surface area contributed by atoms with E-state index < -0.39 is 0 Å². The van der Waals surface area contributed by atoms with Gasteiger partial charge in [-0.25, -0.2) is 0 Å². The third kappa shape index (κ3) is 5.39. The van der Waals surface area contributed by atoms with Gasteiger partial charge >= 0.3 is 0 Å². The van der Waals surface area contributed by atoms with Gasteiger partial charge in [-0.3, -0.25) is 9.59 Å². The Bertz CT molecular complexity index is 441. The summed E-state index contributed by atoms with van der Waals surface area (Å²) in [5.74, 6) is 0.149. The summed E-state index contributed by atoms with van der Waals surface area (Å²) in [5, 5.41) is 0. The molecule has 0 aliphatic carbocycles. The number of carbonyl (C=O) groups excluding carboxylic acids is 2. The summed E-state index contributed by atoms with van der Waals surface area (Å²) in [6.07, 6.45) is 8.81.